The molecule has 0 saturated heterocycles. The summed E-state index contributed by atoms with van der Waals surface area (Å²) in [6.07, 6.45) is 3.10. The van der Waals surface area contributed by atoms with Crippen molar-refractivity contribution in [2.45, 2.75) is 39.3 Å². The van der Waals surface area contributed by atoms with Crippen LogP contribution in [0.15, 0.2) is 36.9 Å². The monoisotopic (exact) mass is 342 g/mol. The highest BCUT2D eigenvalue weighted by atomic mass is 16.6. The average molecular weight is 342 g/mol. The van der Waals surface area contributed by atoms with Gasteiger partial charge in [0.1, 0.15) is 18.3 Å². The van der Waals surface area contributed by atoms with Crippen LogP contribution in [0.4, 0.5) is 4.79 Å². The molecular formula is C18H22N4O3. The molecule has 0 saturated carbocycles. The lowest BCUT2D eigenvalue weighted by atomic mass is 10.1. The maximum Gasteiger partial charge on any atom is 0.419 e. The molecule has 25 heavy (non-hydrogen) atoms. The summed E-state index contributed by atoms with van der Waals surface area (Å²) in [5.41, 5.74) is 1.96. The van der Waals surface area contributed by atoms with Crippen molar-refractivity contribution in [3.63, 3.8) is 0 Å². The van der Waals surface area contributed by atoms with Gasteiger partial charge in [-0.1, -0.05) is 6.07 Å². The Kier molecular flexibility index (Phi) is 4.59. The SMILES string of the molecule is CC(C)(C)OC(=O)n1c(CCO)cc2cc(Cn3cncn3)ccc21. The number of aliphatic hydroxyl groups is 1. The smallest absolute Gasteiger partial charge is 0.419 e. The molecule has 0 bridgehead atoms. The van der Waals surface area contributed by atoms with Gasteiger partial charge in [-0.15, -0.1) is 0 Å². The molecule has 132 valence electrons. The molecule has 0 atom stereocenters. The van der Waals surface area contributed by atoms with Crippen LogP contribution in [0.5, 0.6) is 0 Å². The van der Waals surface area contributed by atoms with Crippen LogP contribution in [0.3, 0.4) is 0 Å². The number of nitrogens with zero attached hydrogens (tertiary/aromatic N) is 4. The third kappa shape index (κ3) is 3.88. The highest BCUT2D eigenvalue weighted by molar-refractivity contribution is 5.91. The van der Waals surface area contributed by atoms with E-state index in [1.165, 1.54) is 10.9 Å². The van der Waals surface area contributed by atoms with Gasteiger partial charge in [0, 0.05) is 24.1 Å². The molecule has 0 fully saturated rings. The maximum absolute atomic E-state index is 12.6. The van der Waals surface area contributed by atoms with Crippen molar-refractivity contribution in [3.8, 4) is 0 Å². The fourth-order valence-electron chi connectivity index (χ4n) is 2.74. The van der Waals surface area contributed by atoms with Gasteiger partial charge in [-0.2, -0.15) is 5.10 Å². The Morgan fingerprint density at radius 1 is 1.28 bits per heavy atom. The van der Waals surface area contributed by atoms with E-state index in [9.17, 15) is 9.90 Å². The van der Waals surface area contributed by atoms with Crippen molar-refractivity contribution in [1.82, 2.24) is 19.3 Å². The zero-order valence-electron chi connectivity index (χ0n) is 14.6. The first-order valence-corrected chi connectivity index (χ1v) is 8.17. The summed E-state index contributed by atoms with van der Waals surface area (Å²) in [6.45, 7) is 6.06. The summed E-state index contributed by atoms with van der Waals surface area (Å²) < 4.78 is 8.79. The van der Waals surface area contributed by atoms with Gasteiger partial charge in [-0.3, -0.25) is 0 Å². The van der Waals surface area contributed by atoms with Crippen molar-refractivity contribution >= 4 is 17.0 Å². The maximum atomic E-state index is 12.6. The fourth-order valence-corrected chi connectivity index (χ4v) is 2.74. The number of carbonyl (C=O) groups is 1. The van der Waals surface area contributed by atoms with Crippen LogP contribution in [0, 0.1) is 0 Å². The van der Waals surface area contributed by atoms with E-state index in [4.69, 9.17) is 4.74 Å². The Balaban J connectivity index is 2.00. The van der Waals surface area contributed by atoms with Crippen LogP contribution in [0.25, 0.3) is 10.9 Å². The minimum absolute atomic E-state index is 0.0368. The number of benzene rings is 1. The highest BCUT2D eigenvalue weighted by Crippen LogP contribution is 2.24. The van der Waals surface area contributed by atoms with Crippen molar-refractivity contribution in [1.29, 1.82) is 0 Å². The lowest BCUT2D eigenvalue weighted by molar-refractivity contribution is 0.0539. The van der Waals surface area contributed by atoms with Crippen LogP contribution in [0.2, 0.25) is 0 Å². The van der Waals surface area contributed by atoms with E-state index in [0.29, 0.717) is 13.0 Å². The van der Waals surface area contributed by atoms with E-state index in [0.717, 1.165) is 22.2 Å². The molecule has 3 aromatic rings. The summed E-state index contributed by atoms with van der Waals surface area (Å²) in [7, 11) is 0. The first kappa shape index (κ1) is 17.2. The third-order valence-electron chi connectivity index (χ3n) is 3.70. The Labute approximate surface area is 145 Å². The molecule has 0 aliphatic rings. The second-order valence-electron chi connectivity index (χ2n) is 6.91. The standard InChI is InChI=1S/C18H22N4O3/c1-18(2,3)25-17(24)22-15(6-7-23)9-14-8-13(4-5-16(14)22)10-21-12-19-11-20-21/h4-5,8-9,11-12,23H,6-7,10H2,1-3H3. The Bertz CT molecular complexity index is 876. The van der Waals surface area contributed by atoms with E-state index in [1.54, 1.807) is 11.0 Å². The van der Waals surface area contributed by atoms with Gasteiger partial charge in [-0.25, -0.2) is 19.0 Å². The molecule has 0 aliphatic carbocycles. The van der Waals surface area contributed by atoms with Gasteiger partial charge in [0.25, 0.3) is 0 Å². The second kappa shape index (κ2) is 6.68. The van der Waals surface area contributed by atoms with Crippen LogP contribution in [-0.2, 0) is 17.7 Å². The quantitative estimate of drug-likeness (QED) is 0.788. The molecule has 7 nitrogen and oxygen atoms in total. The first-order valence-electron chi connectivity index (χ1n) is 8.17. The van der Waals surface area contributed by atoms with Gasteiger partial charge in [0.2, 0.25) is 0 Å². The largest absolute Gasteiger partial charge is 0.443 e. The molecule has 2 aromatic heterocycles. The van der Waals surface area contributed by atoms with E-state index in [1.807, 2.05) is 45.0 Å². The first-order chi connectivity index (χ1) is 11.9. The normalized spacial score (nSPS) is 11.8. The van der Waals surface area contributed by atoms with Crippen molar-refractivity contribution < 1.29 is 14.6 Å². The molecule has 3 rings (SSSR count). The van der Waals surface area contributed by atoms with E-state index in [-0.39, 0.29) is 6.61 Å². The summed E-state index contributed by atoms with van der Waals surface area (Å²) >= 11 is 0. The molecule has 0 spiro atoms. The zero-order valence-corrected chi connectivity index (χ0v) is 14.6. The molecule has 1 N–H and O–H groups in total. The number of ether oxygens (including phenoxy) is 1. The van der Waals surface area contributed by atoms with Crippen molar-refractivity contribution in [3.05, 3.63) is 48.2 Å². The van der Waals surface area contributed by atoms with E-state index in [2.05, 4.69) is 10.1 Å². The fraction of sp³-hybridized carbons (Fsp3) is 0.389. The number of aromatic nitrogens is 4. The molecule has 2 heterocycles. The Morgan fingerprint density at radius 3 is 2.72 bits per heavy atom. The lowest BCUT2D eigenvalue weighted by Gasteiger charge is -2.21. The topological polar surface area (TPSA) is 82.2 Å². The van der Waals surface area contributed by atoms with Crippen LogP contribution in [-0.4, -0.2) is 42.7 Å². The molecule has 0 amide bonds. The molecule has 0 unspecified atom stereocenters. The van der Waals surface area contributed by atoms with Gasteiger partial charge >= 0.3 is 6.09 Å². The van der Waals surface area contributed by atoms with E-state index < -0.39 is 11.7 Å². The molecular weight excluding hydrogens is 320 g/mol. The van der Waals surface area contributed by atoms with Crippen LogP contribution >= 0.6 is 0 Å². The second-order valence-corrected chi connectivity index (χ2v) is 6.91. The molecule has 0 aliphatic heterocycles. The van der Waals surface area contributed by atoms with Gasteiger partial charge in [-0.05, 0) is 44.5 Å². The third-order valence-corrected chi connectivity index (χ3v) is 3.70. The number of fused-ring (bicyclic) bond motifs is 1. The zero-order chi connectivity index (χ0) is 18.0. The minimum Gasteiger partial charge on any atom is -0.443 e. The summed E-state index contributed by atoms with van der Waals surface area (Å²) in [5, 5.41) is 14.4. The number of hydrogen-bond acceptors (Lipinski definition) is 5. The predicted molar refractivity (Wildman–Crippen MR) is 93.5 cm³/mol. The minimum atomic E-state index is -0.586. The number of hydrogen-bond donors (Lipinski definition) is 1. The number of rotatable bonds is 4. The molecule has 0 radical (unpaired) electrons. The molecule has 1 aromatic carbocycles. The van der Waals surface area contributed by atoms with Gasteiger partial charge in [0.05, 0.1) is 12.1 Å². The number of carbonyl (C=O) groups excluding carboxylic acids is 1. The van der Waals surface area contributed by atoms with Crippen molar-refractivity contribution in [2.24, 2.45) is 0 Å². The lowest BCUT2D eigenvalue weighted by Crippen LogP contribution is -2.28. The molecule has 7 heteroatoms. The van der Waals surface area contributed by atoms with Gasteiger partial charge < -0.3 is 9.84 Å². The summed E-state index contributed by atoms with van der Waals surface area (Å²) in [5.74, 6) is 0. The van der Waals surface area contributed by atoms with Crippen molar-refractivity contribution in [2.75, 3.05) is 6.61 Å². The Morgan fingerprint density at radius 2 is 2.08 bits per heavy atom. The summed E-state index contributed by atoms with van der Waals surface area (Å²) in [4.78, 5) is 16.5. The average Bonchev–Trinajstić information content (AvgIpc) is 3.12. The van der Waals surface area contributed by atoms with Crippen LogP contribution < -0.4 is 0 Å². The Hall–Kier alpha value is -2.67. The highest BCUT2D eigenvalue weighted by Gasteiger charge is 2.22. The number of aliphatic hydroxyl groups excluding tert-OH is 1. The predicted octanol–water partition coefficient (Wildman–Crippen LogP) is 2.60. The van der Waals surface area contributed by atoms with Gasteiger partial charge in [0.15, 0.2) is 0 Å². The van der Waals surface area contributed by atoms with E-state index >= 15 is 0 Å². The summed E-state index contributed by atoms with van der Waals surface area (Å²) in [6, 6.07) is 7.78. The van der Waals surface area contributed by atoms with Crippen LogP contribution in [0.1, 0.15) is 32.0 Å².